The fourth-order valence-corrected chi connectivity index (χ4v) is 3.34. The van der Waals surface area contributed by atoms with Crippen LogP contribution in [0.1, 0.15) is 6.92 Å². The Kier molecular flexibility index (Phi) is 3.98. The Morgan fingerprint density at radius 2 is 1.69 bits per heavy atom. The van der Waals surface area contributed by atoms with Gasteiger partial charge in [0.25, 0.3) is 0 Å². The smallest absolute Gasteiger partial charge is 0.221 e. The van der Waals surface area contributed by atoms with Crippen LogP contribution < -0.4 is 5.32 Å². The first kappa shape index (κ1) is 17.0. The zero-order chi connectivity index (χ0) is 19.8. The van der Waals surface area contributed by atoms with Gasteiger partial charge in [0.1, 0.15) is 0 Å². The SMILES string of the molecule is CC(=O)Nc1cccc(-c2ccc3nnc(-c4ccc5nccnc5c4)n3c2)c1. The number of nitrogens with zero attached hydrogens (tertiary/aromatic N) is 5. The van der Waals surface area contributed by atoms with E-state index in [1.54, 1.807) is 12.4 Å². The van der Waals surface area contributed by atoms with Crippen molar-refractivity contribution in [1.29, 1.82) is 0 Å². The maximum atomic E-state index is 11.4. The summed E-state index contributed by atoms with van der Waals surface area (Å²) in [5, 5.41) is 11.5. The number of fused-ring (bicyclic) bond motifs is 2. The van der Waals surface area contributed by atoms with Crippen LogP contribution in [0.15, 0.2) is 73.2 Å². The highest BCUT2D eigenvalue weighted by molar-refractivity contribution is 5.89. The van der Waals surface area contributed by atoms with Crippen molar-refractivity contribution in [3.05, 3.63) is 73.2 Å². The first-order chi connectivity index (χ1) is 14.2. The van der Waals surface area contributed by atoms with Gasteiger partial charge in [-0.3, -0.25) is 19.2 Å². The number of nitrogens with one attached hydrogen (secondary N) is 1. The number of pyridine rings is 1. The lowest BCUT2D eigenvalue weighted by Crippen LogP contribution is -2.05. The first-order valence-electron chi connectivity index (χ1n) is 9.11. The molecule has 0 atom stereocenters. The maximum Gasteiger partial charge on any atom is 0.221 e. The lowest BCUT2D eigenvalue weighted by Gasteiger charge is -2.08. The van der Waals surface area contributed by atoms with Crippen LogP contribution in [-0.4, -0.2) is 30.5 Å². The van der Waals surface area contributed by atoms with E-state index in [1.165, 1.54) is 6.92 Å². The second-order valence-electron chi connectivity index (χ2n) is 6.69. The van der Waals surface area contributed by atoms with Gasteiger partial charge in [0.2, 0.25) is 5.91 Å². The van der Waals surface area contributed by atoms with Crippen LogP contribution in [0.25, 0.3) is 39.2 Å². The minimum Gasteiger partial charge on any atom is -0.326 e. The van der Waals surface area contributed by atoms with Crippen molar-refractivity contribution in [2.45, 2.75) is 6.92 Å². The van der Waals surface area contributed by atoms with Crippen LogP contribution in [0.5, 0.6) is 0 Å². The molecule has 7 nitrogen and oxygen atoms in total. The fraction of sp³-hybridized carbons (Fsp3) is 0.0455. The number of hydrogen-bond donors (Lipinski definition) is 1. The summed E-state index contributed by atoms with van der Waals surface area (Å²) in [6.07, 6.45) is 5.35. The van der Waals surface area contributed by atoms with Crippen molar-refractivity contribution in [3.8, 4) is 22.5 Å². The molecule has 3 aromatic heterocycles. The molecule has 0 aliphatic rings. The average molecular weight is 380 g/mol. The summed E-state index contributed by atoms with van der Waals surface area (Å²) < 4.78 is 1.96. The number of hydrogen-bond acceptors (Lipinski definition) is 5. The van der Waals surface area contributed by atoms with Crippen molar-refractivity contribution < 1.29 is 4.79 Å². The van der Waals surface area contributed by atoms with Gasteiger partial charge in [-0.15, -0.1) is 10.2 Å². The van der Waals surface area contributed by atoms with Crippen molar-refractivity contribution in [3.63, 3.8) is 0 Å². The minimum absolute atomic E-state index is 0.0990. The van der Waals surface area contributed by atoms with Crippen molar-refractivity contribution >= 4 is 28.3 Å². The van der Waals surface area contributed by atoms with Gasteiger partial charge in [-0.05, 0) is 53.6 Å². The van der Waals surface area contributed by atoms with E-state index in [1.807, 2.05) is 65.2 Å². The summed E-state index contributed by atoms with van der Waals surface area (Å²) >= 11 is 0. The van der Waals surface area contributed by atoms with Gasteiger partial charge in [0.15, 0.2) is 11.5 Å². The number of carbonyl (C=O) groups excluding carboxylic acids is 1. The van der Waals surface area contributed by atoms with Gasteiger partial charge in [0.05, 0.1) is 11.0 Å². The molecule has 3 heterocycles. The number of anilines is 1. The van der Waals surface area contributed by atoms with Crippen LogP contribution in [0.2, 0.25) is 0 Å². The second kappa shape index (κ2) is 6.79. The summed E-state index contributed by atoms with van der Waals surface area (Å²) in [5.41, 5.74) is 6.04. The Balaban J connectivity index is 1.61. The standard InChI is InChI=1S/C22H16N6O/c1-14(29)25-18-4-2-3-15(11-18)17-6-8-21-26-27-22(28(21)13-17)16-5-7-19-20(12-16)24-10-9-23-19/h2-13H,1H3,(H,25,29). The Morgan fingerprint density at radius 1 is 0.862 bits per heavy atom. The van der Waals surface area contributed by atoms with Crippen LogP contribution in [0.4, 0.5) is 5.69 Å². The summed E-state index contributed by atoms with van der Waals surface area (Å²) in [6, 6.07) is 17.5. The lowest BCUT2D eigenvalue weighted by molar-refractivity contribution is -0.114. The van der Waals surface area contributed by atoms with E-state index in [-0.39, 0.29) is 5.91 Å². The molecule has 0 spiro atoms. The first-order valence-corrected chi connectivity index (χ1v) is 9.11. The van der Waals surface area contributed by atoms with E-state index >= 15 is 0 Å². The Hall–Kier alpha value is -4.13. The molecule has 140 valence electrons. The molecular formula is C22H16N6O. The topological polar surface area (TPSA) is 85.1 Å². The number of benzene rings is 2. The summed E-state index contributed by atoms with van der Waals surface area (Å²) in [7, 11) is 0. The molecule has 0 saturated carbocycles. The molecule has 0 fully saturated rings. The van der Waals surface area contributed by atoms with Crippen molar-refractivity contribution in [2.75, 3.05) is 5.32 Å². The summed E-state index contributed by atoms with van der Waals surface area (Å²) in [4.78, 5) is 20.0. The minimum atomic E-state index is -0.0990. The molecular weight excluding hydrogens is 364 g/mol. The van der Waals surface area contributed by atoms with E-state index in [9.17, 15) is 4.79 Å². The van der Waals surface area contributed by atoms with Gasteiger partial charge in [-0.1, -0.05) is 12.1 Å². The second-order valence-corrected chi connectivity index (χ2v) is 6.69. The zero-order valence-corrected chi connectivity index (χ0v) is 15.6. The summed E-state index contributed by atoms with van der Waals surface area (Å²) in [5.74, 6) is 0.630. The van der Waals surface area contributed by atoms with Crippen molar-refractivity contribution in [2.24, 2.45) is 0 Å². The Morgan fingerprint density at radius 3 is 2.55 bits per heavy atom. The average Bonchev–Trinajstić information content (AvgIpc) is 3.16. The third-order valence-electron chi connectivity index (χ3n) is 4.65. The molecule has 29 heavy (non-hydrogen) atoms. The Labute approximate surface area is 166 Å². The highest BCUT2D eigenvalue weighted by atomic mass is 16.1. The predicted molar refractivity (Wildman–Crippen MR) is 111 cm³/mol. The highest BCUT2D eigenvalue weighted by Gasteiger charge is 2.11. The molecule has 7 heteroatoms. The third kappa shape index (κ3) is 3.19. The third-order valence-corrected chi connectivity index (χ3v) is 4.65. The summed E-state index contributed by atoms with van der Waals surface area (Å²) in [6.45, 7) is 1.50. The number of carbonyl (C=O) groups is 1. The van der Waals surface area contributed by atoms with Crippen LogP contribution in [0, 0.1) is 0 Å². The van der Waals surface area contributed by atoms with Gasteiger partial charge < -0.3 is 5.32 Å². The van der Waals surface area contributed by atoms with Crippen LogP contribution in [-0.2, 0) is 4.79 Å². The maximum absolute atomic E-state index is 11.4. The van der Waals surface area contributed by atoms with Crippen LogP contribution >= 0.6 is 0 Å². The Bertz CT molecular complexity index is 1370. The van der Waals surface area contributed by atoms with E-state index in [2.05, 4.69) is 25.5 Å². The zero-order valence-electron chi connectivity index (χ0n) is 15.6. The molecule has 0 aliphatic carbocycles. The van der Waals surface area contributed by atoms with Gasteiger partial charge >= 0.3 is 0 Å². The molecule has 5 aromatic rings. The fourth-order valence-electron chi connectivity index (χ4n) is 3.34. The molecule has 0 unspecified atom stereocenters. The van der Waals surface area contributed by atoms with Gasteiger partial charge in [-0.25, -0.2) is 0 Å². The highest BCUT2D eigenvalue weighted by Crippen LogP contribution is 2.26. The number of rotatable bonds is 3. The molecule has 5 rings (SSSR count). The largest absolute Gasteiger partial charge is 0.326 e. The van der Waals surface area contributed by atoms with Gasteiger partial charge in [0, 0.05) is 36.8 Å². The van der Waals surface area contributed by atoms with Crippen molar-refractivity contribution in [1.82, 2.24) is 24.6 Å². The monoisotopic (exact) mass is 380 g/mol. The predicted octanol–water partition coefficient (Wildman–Crippen LogP) is 3.96. The van der Waals surface area contributed by atoms with Gasteiger partial charge in [-0.2, -0.15) is 0 Å². The molecule has 2 aromatic carbocycles. The quantitative estimate of drug-likeness (QED) is 0.512. The molecule has 0 radical (unpaired) electrons. The molecule has 0 saturated heterocycles. The lowest BCUT2D eigenvalue weighted by atomic mass is 10.1. The molecule has 0 aliphatic heterocycles. The van der Waals surface area contributed by atoms with E-state index < -0.39 is 0 Å². The number of aromatic nitrogens is 5. The molecule has 0 bridgehead atoms. The normalized spacial score (nSPS) is 11.1. The van der Waals surface area contributed by atoms with E-state index in [4.69, 9.17) is 0 Å². The molecule has 1 amide bonds. The van der Waals surface area contributed by atoms with Crippen LogP contribution in [0.3, 0.4) is 0 Å². The van der Waals surface area contributed by atoms with E-state index in [0.717, 1.165) is 44.9 Å². The van der Waals surface area contributed by atoms with E-state index in [0.29, 0.717) is 0 Å². The molecule has 1 N–H and O–H groups in total. The number of amides is 1.